The smallest absolute Gasteiger partial charge is 0.252 e. The summed E-state index contributed by atoms with van der Waals surface area (Å²) in [6.07, 6.45) is 19.1. The average molecular weight is 1220 g/mol. The maximum Gasteiger partial charge on any atom is 0.252 e. The van der Waals surface area contributed by atoms with Gasteiger partial charge in [0.2, 0.25) is 0 Å². The van der Waals surface area contributed by atoms with Crippen molar-refractivity contribution in [3.63, 3.8) is 0 Å². The Morgan fingerprint density at radius 2 is 0.564 bits per heavy atom. The molecule has 12 aliphatic rings. The van der Waals surface area contributed by atoms with Gasteiger partial charge in [-0.2, -0.15) is 0 Å². The van der Waals surface area contributed by atoms with Gasteiger partial charge in [0.25, 0.3) is 6.71 Å². The van der Waals surface area contributed by atoms with Crippen LogP contribution in [0.3, 0.4) is 0 Å². The van der Waals surface area contributed by atoms with Gasteiger partial charge in [-0.05, 0) is 289 Å². The molecule has 7 aliphatic heterocycles. The summed E-state index contributed by atoms with van der Waals surface area (Å²) < 4.78 is 0. The van der Waals surface area contributed by atoms with E-state index in [4.69, 9.17) is 0 Å². The summed E-state index contributed by atoms with van der Waals surface area (Å²) in [5.41, 5.74) is 27.8. The van der Waals surface area contributed by atoms with Crippen molar-refractivity contribution in [3.8, 4) is 55.6 Å². The molecule has 0 amide bonds. The Hall–Kier alpha value is -8.74. The molecule has 4 unspecified atom stereocenters. The highest BCUT2D eigenvalue weighted by molar-refractivity contribution is 7.00. The molecule has 0 aromatic heterocycles. The SMILES string of the molecule is CC1CC2CC(C)N(c3ccc(-c4ccc5c(c4)N(c4ccc(-c6ccccc6)cc4)c4cc(-c6ccc(N7C8CC9CC(C8)CC7C9)cc6)cc6c4B5c4ccc(-c5ccc(N7C8CC9CC(C8)CC7C9)cc5)cc4N6c4ccc(-c5ccccc5)cc4)cc3)C(C1)C2. The second kappa shape index (κ2) is 21.9. The highest BCUT2D eigenvalue weighted by Gasteiger charge is 2.49. The Bertz CT molecular complexity index is 4470. The minimum atomic E-state index is -0.0456. The van der Waals surface area contributed by atoms with Gasteiger partial charge < -0.3 is 24.5 Å². The van der Waals surface area contributed by atoms with Gasteiger partial charge in [0.05, 0.1) is 0 Å². The van der Waals surface area contributed by atoms with Gasteiger partial charge in [-0.25, -0.2) is 0 Å². The van der Waals surface area contributed by atoms with Gasteiger partial charge >= 0.3 is 0 Å². The van der Waals surface area contributed by atoms with Crippen LogP contribution in [0, 0.1) is 35.5 Å². The van der Waals surface area contributed by atoms with Crippen molar-refractivity contribution < 1.29 is 0 Å². The van der Waals surface area contributed by atoms with Gasteiger partial charge in [0, 0.05) is 87.4 Å². The first kappa shape index (κ1) is 55.7. The summed E-state index contributed by atoms with van der Waals surface area (Å²) in [6, 6.07) is 94.0. The Labute approximate surface area is 557 Å². The molecule has 464 valence electrons. The monoisotopic (exact) mass is 1220 g/mol. The lowest BCUT2D eigenvalue weighted by molar-refractivity contribution is 0.0899. The normalized spacial score (nSPS) is 27.2. The Morgan fingerprint density at radius 3 is 0.968 bits per heavy atom. The molecule has 0 radical (unpaired) electrons. The van der Waals surface area contributed by atoms with Crippen LogP contribution in [0.15, 0.2) is 231 Å². The largest absolute Gasteiger partial charge is 0.366 e. The highest BCUT2D eigenvalue weighted by atomic mass is 15.2. The number of rotatable bonds is 10. The molecule has 0 spiro atoms. The van der Waals surface area contributed by atoms with Gasteiger partial charge in [0.1, 0.15) is 0 Å². The summed E-state index contributed by atoms with van der Waals surface area (Å²) in [4.78, 5) is 13.8. The van der Waals surface area contributed by atoms with Crippen LogP contribution in [0.4, 0.5) is 51.2 Å². The molecule has 5 aliphatic carbocycles. The average Bonchev–Trinajstić information content (AvgIpc) is 0.700. The number of nitrogens with zero attached hydrogens (tertiary/aromatic N) is 5. The zero-order valence-electron chi connectivity index (χ0n) is 54.6. The van der Waals surface area contributed by atoms with Crippen molar-refractivity contribution in [1.82, 2.24) is 0 Å². The van der Waals surface area contributed by atoms with Crippen LogP contribution in [0.1, 0.15) is 104 Å². The first-order valence-corrected chi connectivity index (χ1v) is 36.3. The molecule has 22 rings (SSSR count). The molecule has 5 saturated carbocycles. The van der Waals surface area contributed by atoms with E-state index in [0.29, 0.717) is 36.3 Å². The highest BCUT2D eigenvalue weighted by Crippen LogP contribution is 2.54. The molecule has 5 saturated heterocycles. The second-order valence-corrected chi connectivity index (χ2v) is 31.1. The van der Waals surface area contributed by atoms with E-state index < -0.39 is 0 Å². The van der Waals surface area contributed by atoms with Crippen LogP contribution in [0.25, 0.3) is 55.6 Å². The van der Waals surface area contributed by atoms with Crippen LogP contribution in [0.5, 0.6) is 0 Å². The van der Waals surface area contributed by atoms with Gasteiger partial charge in [0.15, 0.2) is 0 Å². The molecule has 10 aromatic rings. The van der Waals surface area contributed by atoms with Gasteiger partial charge in [-0.1, -0.05) is 153 Å². The molecule has 94 heavy (non-hydrogen) atoms. The number of hydrogen-bond donors (Lipinski definition) is 0. The van der Waals surface area contributed by atoms with E-state index in [1.807, 2.05) is 0 Å². The molecule has 10 fully saturated rings. The summed E-state index contributed by atoms with van der Waals surface area (Å²) in [5.74, 6) is 5.34. The maximum absolute atomic E-state index is 2.85. The fourth-order valence-corrected chi connectivity index (χ4v) is 21.9. The fourth-order valence-electron chi connectivity index (χ4n) is 21.9. The fraction of sp³-hybridized carbons (Fsp3) is 0.318. The van der Waals surface area contributed by atoms with Crippen molar-refractivity contribution in [2.45, 2.75) is 140 Å². The molecule has 10 aromatic carbocycles. The lowest BCUT2D eigenvalue weighted by Crippen LogP contribution is -2.61. The molecule has 0 N–H and O–H groups in total. The van der Waals surface area contributed by atoms with E-state index >= 15 is 0 Å². The van der Waals surface area contributed by atoms with Crippen LogP contribution in [-0.4, -0.2) is 43.0 Å². The summed E-state index contributed by atoms with van der Waals surface area (Å²) >= 11 is 0. The van der Waals surface area contributed by atoms with Gasteiger partial charge in [-0.15, -0.1) is 0 Å². The van der Waals surface area contributed by atoms with E-state index in [1.165, 1.54) is 202 Å². The van der Waals surface area contributed by atoms with E-state index in [9.17, 15) is 0 Å². The van der Waals surface area contributed by atoms with Crippen LogP contribution >= 0.6 is 0 Å². The molecule has 7 heterocycles. The zero-order chi connectivity index (χ0) is 61.9. The van der Waals surface area contributed by atoms with E-state index in [-0.39, 0.29) is 6.71 Å². The number of piperidine rings is 5. The number of hydrogen-bond acceptors (Lipinski definition) is 5. The van der Waals surface area contributed by atoms with E-state index in [1.54, 1.807) is 0 Å². The third-order valence-electron chi connectivity index (χ3n) is 25.3. The van der Waals surface area contributed by atoms with E-state index in [2.05, 4.69) is 269 Å². The van der Waals surface area contributed by atoms with Crippen molar-refractivity contribution >= 4 is 74.3 Å². The summed E-state index contributed by atoms with van der Waals surface area (Å²) in [7, 11) is 0. The quantitative estimate of drug-likeness (QED) is 0.127. The predicted octanol–water partition coefficient (Wildman–Crippen LogP) is 20.0. The standard InChI is InChI=1S/C88H84BN5/c1-55-37-57-39-56(2)90(77(38-55)42-57)72-25-17-66(18-26-72)69-23-35-82-84(51-69)93(75-31-13-64(14-32-75)62-9-5-3-6-10-62)86-53-71(68-21-29-74(30-22-68)92-80-47-60-41-61(49-80)50-81(92)48-60)54-87-88(86)89(82)83-36-24-70(52-85(83)94(87)76-33-15-65(16-34-76)63-11-7-4-8-12-63)67-19-27-73(28-20-67)91-78-43-58-40-59(45-78)46-79(91)44-58/h3-36,51-61,77-81H,37-50H2,1-2H3. The molecule has 5 nitrogen and oxygen atoms in total. The van der Waals surface area contributed by atoms with Crippen molar-refractivity contribution in [2.24, 2.45) is 35.5 Å². The van der Waals surface area contributed by atoms with Crippen molar-refractivity contribution in [3.05, 3.63) is 231 Å². The number of fused-ring (bicyclic) bond motifs is 6. The van der Waals surface area contributed by atoms with Crippen LogP contribution in [0.2, 0.25) is 0 Å². The molecule has 6 heteroatoms. The van der Waals surface area contributed by atoms with Gasteiger partial charge in [-0.3, -0.25) is 0 Å². The molecule has 10 bridgehead atoms. The predicted molar refractivity (Wildman–Crippen MR) is 395 cm³/mol. The van der Waals surface area contributed by atoms with Crippen LogP contribution in [-0.2, 0) is 0 Å². The Balaban J connectivity index is 0.770. The minimum Gasteiger partial charge on any atom is -0.366 e. The van der Waals surface area contributed by atoms with Crippen molar-refractivity contribution in [2.75, 3.05) is 24.5 Å². The topological polar surface area (TPSA) is 16.2 Å². The van der Waals surface area contributed by atoms with E-state index in [0.717, 1.165) is 46.9 Å². The molecular weight excluding hydrogens is 1140 g/mol. The molecule has 4 atom stereocenters. The number of benzene rings is 10. The lowest BCUT2D eigenvalue weighted by Gasteiger charge is -2.57. The minimum absolute atomic E-state index is 0.0456. The summed E-state index contributed by atoms with van der Waals surface area (Å²) in [5, 5.41) is 0. The lowest BCUT2D eigenvalue weighted by atomic mass is 9.33. The van der Waals surface area contributed by atoms with Crippen molar-refractivity contribution in [1.29, 1.82) is 0 Å². The number of anilines is 9. The first-order valence-electron chi connectivity index (χ1n) is 36.3. The second-order valence-electron chi connectivity index (χ2n) is 31.1. The third kappa shape index (κ3) is 9.22. The van der Waals surface area contributed by atoms with Crippen LogP contribution < -0.4 is 40.9 Å². The molecular formula is C88H84BN5. The summed E-state index contributed by atoms with van der Waals surface area (Å²) in [6.45, 7) is 4.91. The maximum atomic E-state index is 2.85. The zero-order valence-corrected chi connectivity index (χ0v) is 54.6. The Morgan fingerprint density at radius 1 is 0.255 bits per heavy atom. The third-order valence-corrected chi connectivity index (χ3v) is 25.3. The Kier molecular flexibility index (Phi) is 13.0. The first-order chi connectivity index (χ1) is 46.3.